The zero-order valence-electron chi connectivity index (χ0n) is 31.6. The fourth-order valence-electron chi connectivity index (χ4n) is 9.13. The highest BCUT2D eigenvalue weighted by atomic mass is 28.3. The maximum absolute atomic E-state index is 2.59. The summed E-state index contributed by atoms with van der Waals surface area (Å²) in [7, 11) is -2.59. The monoisotopic (exact) mass is 702 g/mol. The first-order chi connectivity index (χ1) is 25.6. The molecule has 0 amide bonds. The van der Waals surface area contributed by atoms with Crippen LogP contribution in [0.25, 0.3) is 55.0 Å². The van der Waals surface area contributed by atoms with Gasteiger partial charge in [0, 0.05) is 32.9 Å². The number of rotatable bonds is 5. The van der Waals surface area contributed by atoms with Gasteiger partial charge in [0.25, 0.3) is 0 Å². The Bertz CT molecular complexity index is 2740. The van der Waals surface area contributed by atoms with Gasteiger partial charge in [0.15, 0.2) is 8.07 Å². The number of fused-ring (bicyclic) bond motifs is 6. The molecule has 0 fully saturated rings. The molecule has 7 aromatic carbocycles. The average molecular weight is 703 g/mol. The summed E-state index contributed by atoms with van der Waals surface area (Å²) in [5, 5.41) is 9.37. The molecule has 0 aliphatic carbocycles. The van der Waals surface area contributed by atoms with Gasteiger partial charge in [-0.1, -0.05) is 163 Å². The fourth-order valence-corrected chi connectivity index (χ4v) is 14.8. The van der Waals surface area contributed by atoms with E-state index < -0.39 is 8.07 Å². The highest BCUT2D eigenvalue weighted by Gasteiger charge is 2.49. The minimum Gasteiger partial charge on any atom is -0.309 e. The molecule has 0 aliphatic rings. The molecule has 0 unspecified atom stereocenters. The molecule has 0 saturated carbocycles. The van der Waals surface area contributed by atoms with Crippen LogP contribution in [0, 0.1) is 0 Å². The Morgan fingerprint density at radius 3 is 1.49 bits per heavy atom. The smallest absolute Gasteiger partial charge is 0.153 e. The quantitative estimate of drug-likeness (QED) is 0.125. The van der Waals surface area contributed by atoms with Crippen molar-refractivity contribution >= 4 is 67.2 Å². The van der Waals surface area contributed by atoms with Crippen LogP contribution < -0.4 is 15.6 Å². The standard InChI is InChI=1S/C50H46N2Si/c1-49(2,3)35-26-29-42-43-30-28-40(53(50(4,5)6,38-20-12-8-13-21-38)39-22-14-9-15-23-39)34-48(43)52(47(42)32-35)37-27-31-46-44(33-37)41-24-16-17-25-45(41)51(46)36-18-10-7-11-19-36/h7-34H,1-6H3. The Morgan fingerprint density at radius 2 is 0.868 bits per heavy atom. The van der Waals surface area contributed by atoms with E-state index in [1.54, 1.807) is 0 Å². The molecule has 53 heavy (non-hydrogen) atoms. The molecule has 0 N–H and O–H groups in total. The van der Waals surface area contributed by atoms with Gasteiger partial charge >= 0.3 is 0 Å². The molecule has 2 aromatic heterocycles. The molecule has 0 saturated heterocycles. The Hall–Kier alpha value is -5.64. The largest absolute Gasteiger partial charge is 0.309 e. The van der Waals surface area contributed by atoms with Crippen LogP contribution in [0.4, 0.5) is 0 Å². The van der Waals surface area contributed by atoms with Crippen molar-refractivity contribution in [2.45, 2.75) is 52.0 Å². The molecular weight excluding hydrogens is 657 g/mol. The summed E-state index contributed by atoms with van der Waals surface area (Å²) in [5.74, 6) is 0. The van der Waals surface area contributed by atoms with Crippen molar-refractivity contribution in [1.29, 1.82) is 0 Å². The van der Waals surface area contributed by atoms with E-state index in [-0.39, 0.29) is 10.5 Å². The van der Waals surface area contributed by atoms with Gasteiger partial charge in [-0.05, 0) is 80.1 Å². The van der Waals surface area contributed by atoms with E-state index in [0.717, 1.165) is 0 Å². The molecule has 9 rings (SSSR count). The number of nitrogens with zero attached hydrogens (tertiary/aromatic N) is 2. The second kappa shape index (κ2) is 12.2. The second-order valence-corrected chi connectivity index (χ2v) is 21.4. The van der Waals surface area contributed by atoms with Crippen LogP contribution in [-0.4, -0.2) is 17.2 Å². The lowest BCUT2D eigenvalue weighted by Gasteiger charge is -2.44. The summed E-state index contributed by atoms with van der Waals surface area (Å²) in [6.45, 7) is 14.3. The summed E-state index contributed by atoms with van der Waals surface area (Å²) >= 11 is 0. The van der Waals surface area contributed by atoms with Crippen LogP contribution in [0.2, 0.25) is 5.04 Å². The van der Waals surface area contributed by atoms with Crippen LogP contribution in [0.5, 0.6) is 0 Å². The SMILES string of the molecule is CC(C)(C)c1ccc2c3ccc([Si](c4ccccc4)(c4ccccc4)C(C)(C)C)cc3n(-c3ccc4c(c3)c3ccccc3n4-c3ccccc3)c2c1. The number of para-hydroxylation sites is 2. The Morgan fingerprint density at radius 1 is 0.358 bits per heavy atom. The van der Waals surface area contributed by atoms with Crippen molar-refractivity contribution < 1.29 is 0 Å². The predicted octanol–water partition coefficient (Wildman–Crippen LogP) is 11.4. The highest BCUT2D eigenvalue weighted by Crippen LogP contribution is 2.40. The van der Waals surface area contributed by atoms with Crippen LogP contribution in [0.15, 0.2) is 170 Å². The molecule has 260 valence electrons. The summed E-state index contributed by atoms with van der Waals surface area (Å²) in [4.78, 5) is 0. The van der Waals surface area contributed by atoms with Crippen LogP contribution in [0.1, 0.15) is 47.1 Å². The molecule has 2 nitrogen and oxygen atoms in total. The van der Waals surface area contributed by atoms with E-state index in [2.05, 4.69) is 221 Å². The first-order valence-corrected chi connectivity index (χ1v) is 20.9. The molecule has 0 atom stereocenters. The third-order valence-electron chi connectivity index (χ3n) is 11.5. The van der Waals surface area contributed by atoms with Gasteiger partial charge < -0.3 is 9.13 Å². The molecule has 2 heterocycles. The Labute approximate surface area is 314 Å². The van der Waals surface area contributed by atoms with Gasteiger partial charge in [0.1, 0.15) is 0 Å². The van der Waals surface area contributed by atoms with Crippen molar-refractivity contribution in [3.05, 3.63) is 175 Å². The van der Waals surface area contributed by atoms with Gasteiger partial charge in [0.2, 0.25) is 0 Å². The summed E-state index contributed by atoms with van der Waals surface area (Å²) in [6.07, 6.45) is 0. The topological polar surface area (TPSA) is 9.86 Å². The minimum absolute atomic E-state index is 0.0161. The fraction of sp³-hybridized carbons (Fsp3) is 0.160. The van der Waals surface area contributed by atoms with Gasteiger partial charge in [0.05, 0.1) is 22.1 Å². The van der Waals surface area contributed by atoms with Crippen LogP contribution >= 0.6 is 0 Å². The third-order valence-corrected chi connectivity index (χ3v) is 17.4. The van der Waals surface area contributed by atoms with Crippen molar-refractivity contribution in [1.82, 2.24) is 9.13 Å². The lowest BCUT2D eigenvalue weighted by atomic mass is 9.86. The normalized spacial score (nSPS) is 12.7. The molecule has 0 radical (unpaired) electrons. The maximum atomic E-state index is 2.56. The molecule has 0 aliphatic heterocycles. The van der Waals surface area contributed by atoms with E-state index in [0.29, 0.717) is 0 Å². The number of hydrogen-bond donors (Lipinski definition) is 0. The van der Waals surface area contributed by atoms with E-state index in [9.17, 15) is 0 Å². The third kappa shape index (κ3) is 5.13. The number of benzene rings is 7. The van der Waals surface area contributed by atoms with Crippen molar-refractivity contribution in [2.75, 3.05) is 0 Å². The molecular formula is C50H46N2Si. The van der Waals surface area contributed by atoms with Crippen molar-refractivity contribution in [2.24, 2.45) is 0 Å². The first-order valence-electron chi connectivity index (χ1n) is 18.9. The maximum Gasteiger partial charge on any atom is 0.153 e. The summed E-state index contributed by atoms with van der Waals surface area (Å²) < 4.78 is 4.95. The lowest BCUT2D eigenvalue weighted by Crippen LogP contribution is -2.72. The molecule has 3 heteroatoms. The highest BCUT2D eigenvalue weighted by molar-refractivity contribution is 7.13. The predicted molar refractivity (Wildman–Crippen MR) is 231 cm³/mol. The number of hydrogen-bond acceptors (Lipinski definition) is 0. The van der Waals surface area contributed by atoms with Crippen molar-refractivity contribution in [3.8, 4) is 11.4 Å². The van der Waals surface area contributed by atoms with E-state index >= 15 is 0 Å². The Balaban J connectivity index is 1.39. The first kappa shape index (κ1) is 33.2. The Kier molecular flexibility index (Phi) is 7.65. The van der Waals surface area contributed by atoms with Gasteiger partial charge in [-0.2, -0.15) is 0 Å². The lowest BCUT2D eigenvalue weighted by molar-refractivity contribution is 0.591. The molecule has 0 spiro atoms. The molecule has 9 aromatic rings. The summed E-state index contributed by atoms with van der Waals surface area (Å²) in [6, 6.07) is 63.9. The van der Waals surface area contributed by atoms with Gasteiger partial charge in [-0.3, -0.25) is 0 Å². The van der Waals surface area contributed by atoms with Gasteiger partial charge in [-0.25, -0.2) is 0 Å². The van der Waals surface area contributed by atoms with Gasteiger partial charge in [-0.15, -0.1) is 0 Å². The zero-order valence-corrected chi connectivity index (χ0v) is 32.6. The van der Waals surface area contributed by atoms with Crippen LogP contribution in [-0.2, 0) is 5.41 Å². The van der Waals surface area contributed by atoms with E-state index in [1.165, 1.54) is 76.1 Å². The van der Waals surface area contributed by atoms with E-state index in [1.807, 2.05) is 0 Å². The number of aromatic nitrogens is 2. The molecule has 0 bridgehead atoms. The van der Waals surface area contributed by atoms with Crippen LogP contribution in [0.3, 0.4) is 0 Å². The zero-order chi connectivity index (χ0) is 36.5. The summed E-state index contributed by atoms with van der Waals surface area (Å²) in [5.41, 5.74) is 8.64. The van der Waals surface area contributed by atoms with E-state index in [4.69, 9.17) is 0 Å². The van der Waals surface area contributed by atoms with Crippen molar-refractivity contribution in [3.63, 3.8) is 0 Å². The second-order valence-electron chi connectivity index (χ2n) is 16.7. The minimum atomic E-state index is -2.59. The average Bonchev–Trinajstić information content (AvgIpc) is 3.67.